The molecule has 0 unspecified atom stereocenters. The molecule has 0 aliphatic heterocycles. The molecule has 1 saturated carbocycles. The summed E-state index contributed by atoms with van der Waals surface area (Å²) in [6.45, 7) is 8.27. The number of carbonyl (C=O) groups excluding carboxylic acids is 1. The Bertz CT molecular complexity index is 350. The number of fused-ring (bicyclic) bond motifs is 1. The van der Waals surface area contributed by atoms with Crippen molar-refractivity contribution in [3.63, 3.8) is 0 Å². The van der Waals surface area contributed by atoms with Gasteiger partial charge in [-0.3, -0.25) is 4.79 Å². The van der Waals surface area contributed by atoms with Crippen LogP contribution < -0.4 is 0 Å². The third-order valence-corrected chi connectivity index (χ3v) is 4.66. The molecule has 2 atom stereocenters. The molecule has 2 aliphatic carbocycles. The van der Waals surface area contributed by atoms with Crippen molar-refractivity contribution in [1.29, 1.82) is 0 Å². The van der Waals surface area contributed by atoms with Crippen LogP contribution in [0.5, 0.6) is 0 Å². The zero-order chi connectivity index (χ0) is 11.8. The Morgan fingerprint density at radius 3 is 2.88 bits per heavy atom. The van der Waals surface area contributed by atoms with E-state index < -0.39 is 0 Å². The van der Waals surface area contributed by atoms with E-state index in [1.807, 2.05) is 6.08 Å². The molecular weight excluding hydrogens is 196 g/mol. The van der Waals surface area contributed by atoms with Gasteiger partial charge in [-0.2, -0.15) is 0 Å². The quantitative estimate of drug-likeness (QED) is 0.639. The Balaban J connectivity index is 2.38. The first-order valence-corrected chi connectivity index (χ1v) is 6.39. The number of rotatable bonds is 2. The summed E-state index contributed by atoms with van der Waals surface area (Å²) in [5, 5.41) is 0. The van der Waals surface area contributed by atoms with Gasteiger partial charge in [-0.1, -0.05) is 17.2 Å². The number of Topliss-reactive ketones (excluding diaryl/α,β-unsaturated/α-hetero) is 1. The van der Waals surface area contributed by atoms with Crippen molar-refractivity contribution in [2.75, 3.05) is 0 Å². The standard InChI is InChI=1S/C15H22O/c1-4-8-15-10-12(3)11(2)9-13(15)6-5-7-14(15)16/h4,13H,1,5-10H2,2-3H3/t13-,15+/m0/s1. The lowest BCUT2D eigenvalue weighted by Crippen LogP contribution is -2.44. The highest BCUT2D eigenvalue weighted by molar-refractivity contribution is 5.86. The largest absolute Gasteiger partial charge is 0.299 e. The van der Waals surface area contributed by atoms with Gasteiger partial charge in [0, 0.05) is 11.8 Å². The second kappa shape index (κ2) is 4.20. The smallest absolute Gasteiger partial charge is 0.139 e. The Morgan fingerprint density at radius 2 is 2.19 bits per heavy atom. The molecule has 0 aromatic heterocycles. The summed E-state index contributed by atoms with van der Waals surface area (Å²) in [5.41, 5.74) is 2.87. The predicted octanol–water partition coefficient (Wildman–Crippen LogP) is 4.05. The van der Waals surface area contributed by atoms with Crippen molar-refractivity contribution in [3.8, 4) is 0 Å². The third-order valence-electron chi connectivity index (χ3n) is 4.66. The normalized spacial score (nSPS) is 34.9. The lowest BCUT2D eigenvalue weighted by Gasteiger charge is -2.46. The van der Waals surface area contributed by atoms with E-state index in [1.165, 1.54) is 17.6 Å². The molecule has 0 bridgehead atoms. The van der Waals surface area contributed by atoms with Gasteiger partial charge < -0.3 is 0 Å². The highest BCUT2D eigenvalue weighted by atomic mass is 16.1. The molecule has 88 valence electrons. The van der Waals surface area contributed by atoms with Crippen LogP contribution in [0.2, 0.25) is 0 Å². The molecule has 16 heavy (non-hydrogen) atoms. The van der Waals surface area contributed by atoms with Crippen LogP contribution in [0.4, 0.5) is 0 Å². The minimum absolute atomic E-state index is 0.0798. The number of hydrogen-bond acceptors (Lipinski definition) is 1. The zero-order valence-corrected chi connectivity index (χ0v) is 10.5. The molecular formula is C15H22O. The fourth-order valence-corrected chi connectivity index (χ4v) is 3.58. The first kappa shape index (κ1) is 11.6. The maximum absolute atomic E-state index is 12.3. The molecule has 0 N–H and O–H groups in total. The summed E-state index contributed by atoms with van der Waals surface area (Å²) >= 11 is 0. The van der Waals surface area contributed by atoms with Gasteiger partial charge in [-0.15, -0.1) is 6.58 Å². The van der Waals surface area contributed by atoms with Gasteiger partial charge in [0.15, 0.2) is 0 Å². The second-order valence-electron chi connectivity index (χ2n) is 5.60. The topological polar surface area (TPSA) is 17.1 Å². The third kappa shape index (κ3) is 1.66. The number of ketones is 1. The molecule has 0 aromatic rings. The Hall–Kier alpha value is -0.850. The lowest BCUT2D eigenvalue weighted by molar-refractivity contribution is -0.135. The molecule has 2 aliphatic rings. The maximum atomic E-state index is 12.3. The van der Waals surface area contributed by atoms with Crippen molar-refractivity contribution in [1.82, 2.24) is 0 Å². The van der Waals surface area contributed by atoms with Crippen molar-refractivity contribution >= 4 is 5.78 Å². The van der Waals surface area contributed by atoms with Crippen LogP contribution in [0.1, 0.15) is 52.4 Å². The van der Waals surface area contributed by atoms with Gasteiger partial charge in [-0.05, 0) is 51.9 Å². The molecule has 0 radical (unpaired) electrons. The maximum Gasteiger partial charge on any atom is 0.139 e. The summed E-state index contributed by atoms with van der Waals surface area (Å²) in [6.07, 6.45) is 8.04. The molecule has 0 heterocycles. The van der Waals surface area contributed by atoms with Crippen LogP contribution >= 0.6 is 0 Å². The van der Waals surface area contributed by atoms with E-state index in [-0.39, 0.29) is 5.41 Å². The van der Waals surface area contributed by atoms with E-state index in [9.17, 15) is 4.79 Å². The van der Waals surface area contributed by atoms with Gasteiger partial charge in [-0.25, -0.2) is 0 Å². The Morgan fingerprint density at radius 1 is 1.44 bits per heavy atom. The molecule has 0 amide bonds. The predicted molar refractivity (Wildman–Crippen MR) is 67.2 cm³/mol. The van der Waals surface area contributed by atoms with E-state index in [1.54, 1.807) is 0 Å². The summed E-state index contributed by atoms with van der Waals surface area (Å²) in [7, 11) is 0. The molecule has 0 spiro atoms. The highest BCUT2D eigenvalue weighted by Gasteiger charge is 2.47. The fourth-order valence-electron chi connectivity index (χ4n) is 3.58. The summed E-state index contributed by atoms with van der Waals surface area (Å²) in [6, 6.07) is 0. The first-order chi connectivity index (χ1) is 7.60. The minimum atomic E-state index is -0.0798. The highest BCUT2D eigenvalue weighted by Crippen LogP contribution is 2.52. The van der Waals surface area contributed by atoms with Crippen molar-refractivity contribution < 1.29 is 4.79 Å². The summed E-state index contributed by atoms with van der Waals surface area (Å²) in [4.78, 5) is 12.3. The van der Waals surface area contributed by atoms with Gasteiger partial charge in [0.05, 0.1) is 0 Å². The number of carbonyl (C=O) groups is 1. The van der Waals surface area contributed by atoms with Crippen molar-refractivity contribution in [3.05, 3.63) is 23.8 Å². The van der Waals surface area contributed by atoms with Gasteiger partial charge >= 0.3 is 0 Å². The monoisotopic (exact) mass is 218 g/mol. The van der Waals surface area contributed by atoms with Gasteiger partial charge in [0.2, 0.25) is 0 Å². The lowest BCUT2D eigenvalue weighted by atomic mass is 9.56. The Kier molecular flexibility index (Phi) is 3.05. The van der Waals surface area contributed by atoms with Crippen molar-refractivity contribution in [2.24, 2.45) is 11.3 Å². The summed E-state index contributed by atoms with van der Waals surface area (Å²) in [5.74, 6) is 1.07. The van der Waals surface area contributed by atoms with Crippen LogP contribution in [-0.4, -0.2) is 5.78 Å². The van der Waals surface area contributed by atoms with Gasteiger partial charge in [0.1, 0.15) is 5.78 Å². The van der Waals surface area contributed by atoms with Gasteiger partial charge in [0.25, 0.3) is 0 Å². The fraction of sp³-hybridized carbons (Fsp3) is 0.667. The molecule has 1 fully saturated rings. The SMILES string of the molecule is C=CC[C@@]12CC(C)=C(C)C[C@@H]1CCCC2=O. The first-order valence-electron chi connectivity index (χ1n) is 6.39. The molecule has 1 heteroatoms. The van der Waals surface area contributed by atoms with E-state index in [0.29, 0.717) is 11.7 Å². The summed E-state index contributed by atoms with van der Waals surface area (Å²) < 4.78 is 0. The van der Waals surface area contributed by atoms with Crippen LogP contribution in [0.15, 0.2) is 23.8 Å². The molecule has 0 saturated heterocycles. The average Bonchev–Trinajstić information content (AvgIpc) is 2.23. The second-order valence-corrected chi connectivity index (χ2v) is 5.60. The van der Waals surface area contributed by atoms with E-state index in [2.05, 4.69) is 20.4 Å². The van der Waals surface area contributed by atoms with Crippen LogP contribution in [0.25, 0.3) is 0 Å². The van der Waals surface area contributed by atoms with Crippen LogP contribution in [0.3, 0.4) is 0 Å². The molecule has 2 rings (SSSR count). The minimum Gasteiger partial charge on any atom is -0.299 e. The van der Waals surface area contributed by atoms with Crippen LogP contribution in [-0.2, 0) is 4.79 Å². The molecule has 0 aromatic carbocycles. The Labute approximate surface area is 98.6 Å². The number of allylic oxidation sites excluding steroid dienone is 3. The van der Waals surface area contributed by atoms with Crippen LogP contribution in [0, 0.1) is 11.3 Å². The van der Waals surface area contributed by atoms with E-state index in [4.69, 9.17) is 0 Å². The van der Waals surface area contributed by atoms with Crippen molar-refractivity contribution in [2.45, 2.75) is 52.4 Å². The molecule has 1 nitrogen and oxygen atoms in total. The zero-order valence-electron chi connectivity index (χ0n) is 10.5. The van der Waals surface area contributed by atoms with E-state index >= 15 is 0 Å². The van der Waals surface area contributed by atoms with E-state index in [0.717, 1.165) is 32.1 Å². The average molecular weight is 218 g/mol. The number of hydrogen-bond donors (Lipinski definition) is 0.